The first-order valence-corrected chi connectivity index (χ1v) is 12.3. The van der Waals surface area contributed by atoms with Gasteiger partial charge in [-0.3, -0.25) is 4.57 Å². The summed E-state index contributed by atoms with van der Waals surface area (Å²) in [6.07, 6.45) is -4.51. The Bertz CT molecular complexity index is 1210. The number of aromatic nitrogens is 4. The number of benzene rings is 1. The summed E-state index contributed by atoms with van der Waals surface area (Å²) in [6, 6.07) is 5.69. The lowest BCUT2D eigenvalue weighted by molar-refractivity contribution is -0.0658. The first-order chi connectivity index (χ1) is 16.0. The minimum absolute atomic E-state index is 0.113. The molecule has 0 spiro atoms. The van der Waals surface area contributed by atoms with E-state index >= 15 is 0 Å². The number of halogens is 2. The van der Waals surface area contributed by atoms with E-state index in [1.807, 2.05) is 6.92 Å². The van der Waals surface area contributed by atoms with Crippen molar-refractivity contribution in [3.05, 3.63) is 47.1 Å². The summed E-state index contributed by atoms with van der Waals surface area (Å²) >= 11 is 6.12. The van der Waals surface area contributed by atoms with Crippen LogP contribution in [0.3, 0.4) is 0 Å². The Morgan fingerprint density at radius 3 is 2.65 bits per heavy atom. The van der Waals surface area contributed by atoms with E-state index in [0.717, 1.165) is 5.56 Å². The van der Waals surface area contributed by atoms with Crippen LogP contribution in [0.25, 0.3) is 11.0 Å². The van der Waals surface area contributed by atoms with Gasteiger partial charge in [0.25, 0.3) is 0 Å². The second kappa shape index (κ2) is 9.80. The van der Waals surface area contributed by atoms with Gasteiger partial charge in [-0.05, 0) is 36.2 Å². The van der Waals surface area contributed by atoms with Crippen molar-refractivity contribution >= 4 is 36.0 Å². The Labute approximate surface area is 197 Å². The van der Waals surface area contributed by atoms with Gasteiger partial charge in [0.1, 0.15) is 36.3 Å². The molecule has 0 amide bonds. The van der Waals surface area contributed by atoms with E-state index in [9.17, 15) is 19.2 Å². The van der Waals surface area contributed by atoms with Crippen LogP contribution in [0.2, 0.25) is 5.28 Å². The standard InChI is InChI=1S/C19H22ClFN5O7P/c1-9(10-2-4-11(21)5-3-10)23-16-12-6-22-26(17(12)25-19(20)24-16)18-15(28)14(27)13(33-18)7-32-8-34(29,30)31/h2-6,9,13-15,18,27-28H,7-8H2,1H3,(H,23,24,25)(H2,29,30,31)/t9-,13+,14+,15+,18+/m0/s1. The fraction of sp³-hybridized carbons (Fsp3) is 0.421. The first kappa shape index (κ1) is 24.9. The summed E-state index contributed by atoms with van der Waals surface area (Å²) in [5, 5.41) is 28.5. The van der Waals surface area contributed by atoms with Crippen LogP contribution < -0.4 is 5.32 Å². The van der Waals surface area contributed by atoms with Crippen LogP contribution in [0, 0.1) is 5.82 Å². The van der Waals surface area contributed by atoms with Gasteiger partial charge >= 0.3 is 7.60 Å². The van der Waals surface area contributed by atoms with E-state index in [1.165, 1.54) is 23.0 Å². The SMILES string of the molecule is C[C@H](Nc1nc(Cl)nc2c1cnn2[C@@H]1O[C@H](COCP(=O)(O)O)[C@@H](O)[C@H]1O)c1ccc(F)cc1. The quantitative estimate of drug-likeness (QED) is 0.217. The molecule has 3 heterocycles. The fourth-order valence-corrected chi connectivity index (χ4v) is 4.10. The average molecular weight is 518 g/mol. The van der Waals surface area contributed by atoms with Crippen molar-refractivity contribution in [1.82, 2.24) is 19.7 Å². The van der Waals surface area contributed by atoms with E-state index < -0.39 is 38.5 Å². The normalized spacial score (nSPS) is 24.0. The summed E-state index contributed by atoms with van der Waals surface area (Å²) in [5.41, 5.74) is 1.01. The number of nitrogens with zero attached hydrogens (tertiary/aromatic N) is 4. The zero-order valence-electron chi connectivity index (χ0n) is 17.7. The Morgan fingerprint density at radius 2 is 1.97 bits per heavy atom. The van der Waals surface area contributed by atoms with Gasteiger partial charge in [0.15, 0.2) is 11.9 Å². The zero-order valence-corrected chi connectivity index (χ0v) is 19.3. The Hall–Kier alpha value is -2.22. The van der Waals surface area contributed by atoms with E-state index in [1.54, 1.807) is 12.1 Å². The van der Waals surface area contributed by atoms with Crippen molar-refractivity contribution in [3.63, 3.8) is 0 Å². The van der Waals surface area contributed by atoms with Gasteiger partial charge in [0.05, 0.1) is 18.2 Å². The van der Waals surface area contributed by atoms with Crippen molar-refractivity contribution < 1.29 is 38.4 Å². The number of ether oxygens (including phenoxy) is 2. The summed E-state index contributed by atoms with van der Waals surface area (Å²) < 4.78 is 36.0. The molecule has 2 aromatic heterocycles. The fourth-order valence-electron chi connectivity index (χ4n) is 3.59. The summed E-state index contributed by atoms with van der Waals surface area (Å²) in [5.74, 6) is -0.0138. The zero-order chi connectivity index (χ0) is 24.6. The number of nitrogens with one attached hydrogen (secondary N) is 1. The maximum Gasteiger partial charge on any atom is 0.350 e. The maximum absolute atomic E-state index is 13.2. The van der Waals surface area contributed by atoms with Crippen molar-refractivity contribution in [1.29, 1.82) is 0 Å². The highest BCUT2D eigenvalue weighted by atomic mass is 35.5. The molecule has 0 saturated carbocycles. The number of hydrogen-bond acceptors (Lipinski definition) is 9. The van der Waals surface area contributed by atoms with Crippen LogP contribution in [0.4, 0.5) is 10.2 Å². The number of hydrogen-bond donors (Lipinski definition) is 5. The molecule has 184 valence electrons. The predicted octanol–water partition coefficient (Wildman–Crippen LogP) is 1.56. The molecule has 0 aliphatic carbocycles. The van der Waals surface area contributed by atoms with Crippen molar-refractivity contribution in [3.8, 4) is 0 Å². The second-order valence-corrected chi connectivity index (χ2v) is 9.72. The number of aliphatic hydroxyl groups is 2. The molecular weight excluding hydrogens is 496 g/mol. The Kier molecular flexibility index (Phi) is 7.17. The lowest BCUT2D eigenvalue weighted by atomic mass is 10.1. The van der Waals surface area contributed by atoms with Gasteiger partial charge in [-0.2, -0.15) is 15.1 Å². The van der Waals surface area contributed by atoms with Gasteiger partial charge < -0.3 is 34.8 Å². The highest BCUT2D eigenvalue weighted by Crippen LogP contribution is 2.36. The molecule has 1 saturated heterocycles. The molecule has 15 heteroatoms. The number of anilines is 1. The summed E-state index contributed by atoms with van der Waals surface area (Å²) in [4.78, 5) is 26.2. The molecule has 0 radical (unpaired) electrons. The lowest BCUT2D eigenvalue weighted by Crippen LogP contribution is -2.34. The third-order valence-electron chi connectivity index (χ3n) is 5.27. The molecule has 4 rings (SSSR count). The van der Waals surface area contributed by atoms with Crippen LogP contribution in [0.1, 0.15) is 24.8 Å². The van der Waals surface area contributed by atoms with Gasteiger partial charge in [-0.25, -0.2) is 9.07 Å². The third kappa shape index (κ3) is 5.37. The molecule has 5 N–H and O–H groups in total. The van der Waals surface area contributed by atoms with Crippen LogP contribution in [-0.4, -0.2) is 71.0 Å². The third-order valence-corrected chi connectivity index (χ3v) is 5.96. The molecule has 0 unspecified atom stereocenters. The molecule has 1 aromatic carbocycles. The van der Waals surface area contributed by atoms with Crippen LogP contribution in [0.15, 0.2) is 30.5 Å². The molecule has 1 fully saturated rings. The van der Waals surface area contributed by atoms with Crippen molar-refractivity contribution in [2.75, 3.05) is 18.3 Å². The van der Waals surface area contributed by atoms with E-state index in [0.29, 0.717) is 11.2 Å². The minimum Gasteiger partial charge on any atom is -0.387 e. The molecule has 3 aromatic rings. The van der Waals surface area contributed by atoms with Gasteiger partial charge in [0.2, 0.25) is 5.28 Å². The van der Waals surface area contributed by atoms with E-state index in [-0.39, 0.29) is 29.4 Å². The molecular formula is C19H22ClFN5O7P. The van der Waals surface area contributed by atoms with Crippen LogP contribution in [0.5, 0.6) is 0 Å². The number of rotatable bonds is 8. The van der Waals surface area contributed by atoms with Crippen molar-refractivity contribution in [2.45, 2.75) is 37.5 Å². The highest BCUT2D eigenvalue weighted by molar-refractivity contribution is 7.51. The predicted molar refractivity (Wildman–Crippen MR) is 118 cm³/mol. The highest BCUT2D eigenvalue weighted by Gasteiger charge is 2.45. The maximum atomic E-state index is 13.2. The summed E-state index contributed by atoms with van der Waals surface area (Å²) in [6.45, 7) is 1.48. The second-order valence-electron chi connectivity index (χ2n) is 7.80. The van der Waals surface area contributed by atoms with Gasteiger partial charge in [-0.15, -0.1) is 0 Å². The monoisotopic (exact) mass is 517 g/mol. The minimum atomic E-state index is -4.40. The number of aliphatic hydroxyl groups excluding tert-OH is 2. The molecule has 12 nitrogen and oxygen atoms in total. The van der Waals surface area contributed by atoms with Gasteiger partial charge in [0, 0.05) is 6.04 Å². The molecule has 34 heavy (non-hydrogen) atoms. The smallest absolute Gasteiger partial charge is 0.350 e. The Balaban J connectivity index is 1.56. The average Bonchev–Trinajstić information content (AvgIpc) is 3.29. The largest absolute Gasteiger partial charge is 0.387 e. The Morgan fingerprint density at radius 1 is 1.26 bits per heavy atom. The lowest BCUT2D eigenvalue weighted by Gasteiger charge is -2.17. The topological polar surface area (TPSA) is 172 Å². The van der Waals surface area contributed by atoms with Crippen molar-refractivity contribution in [2.24, 2.45) is 0 Å². The molecule has 0 bridgehead atoms. The van der Waals surface area contributed by atoms with Crippen LogP contribution in [-0.2, 0) is 14.0 Å². The van der Waals surface area contributed by atoms with Crippen LogP contribution >= 0.6 is 19.2 Å². The molecule has 1 aliphatic rings. The molecule has 5 atom stereocenters. The first-order valence-electron chi connectivity index (χ1n) is 10.1. The number of fused-ring (bicyclic) bond motifs is 1. The molecule has 1 aliphatic heterocycles. The van der Waals surface area contributed by atoms with E-state index in [4.69, 9.17) is 30.9 Å². The van der Waals surface area contributed by atoms with Gasteiger partial charge in [-0.1, -0.05) is 12.1 Å². The van der Waals surface area contributed by atoms with E-state index in [2.05, 4.69) is 20.4 Å². The summed E-state index contributed by atoms with van der Waals surface area (Å²) in [7, 11) is -4.40.